The van der Waals surface area contributed by atoms with Crippen LogP contribution in [0.4, 0.5) is 0 Å². The quantitative estimate of drug-likeness (QED) is 0.767. The predicted octanol–water partition coefficient (Wildman–Crippen LogP) is 4.75. The molecule has 3 nitrogen and oxygen atoms in total. The van der Waals surface area contributed by atoms with Crippen LogP contribution in [0, 0.1) is 11.8 Å². The van der Waals surface area contributed by atoms with Gasteiger partial charge in [0.1, 0.15) is 0 Å². The predicted molar refractivity (Wildman–Crippen MR) is 113 cm³/mol. The second-order valence-corrected chi connectivity index (χ2v) is 8.83. The summed E-state index contributed by atoms with van der Waals surface area (Å²) in [6, 6.07) is 19.1. The lowest BCUT2D eigenvalue weighted by atomic mass is 9.84. The number of hydrogen-bond donors (Lipinski definition) is 1. The molecule has 2 fully saturated rings. The molecule has 0 aromatic heterocycles. The molecule has 0 radical (unpaired) electrons. The van der Waals surface area contributed by atoms with Crippen molar-refractivity contribution in [2.24, 2.45) is 11.8 Å². The highest BCUT2D eigenvalue weighted by Gasteiger charge is 2.40. The summed E-state index contributed by atoms with van der Waals surface area (Å²) in [6.07, 6.45) is 2.14. The van der Waals surface area contributed by atoms with E-state index < -0.39 is 0 Å². The minimum atomic E-state index is 0.00307. The molecule has 2 saturated heterocycles. The van der Waals surface area contributed by atoms with Gasteiger partial charge in [-0.05, 0) is 36.0 Å². The van der Waals surface area contributed by atoms with E-state index in [0.29, 0.717) is 11.8 Å². The maximum absolute atomic E-state index is 13.7. The summed E-state index contributed by atoms with van der Waals surface area (Å²) in [7, 11) is 0. The summed E-state index contributed by atoms with van der Waals surface area (Å²) in [5.74, 6) is 1.19. The first-order valence-corrected chi connectivity index (χ1v) is 10.7. The van der Waals surface area contributed by atoms with Crippen LogP contribution in [0.15, 0.2) is 59.1 Å². The van der Waals surface area contributed by atoms with Gasteiger partial charge < -0.3 is 10.2 Å². The average molecular weight is 427 g/mol. The summed E-state index contributed by atoms with van der Waals surface area (Å²) < 4.78 is 1.10. The number of hydrogen-bond acceptors (Lipinski definition) is 2. The molecule has 2 heterocycles. The van der Waals surface area contributed by atoms with Crippen LogP contribution < -0.4 is 5.32 Å². The SMILES string of the molecule is CC1CCN(C(=O)[C@@H]2CNCC2c2ccccc2Br)C(c2ccccc2)C1. The van der Waals surface area contributed by atoms with Gasteiger partial charge in [0.25, 0.3) is 0 Å². The van der Waals surface area contributed by atoms with Gasteiger partial charge in [0, 0.05) is 30.0 Å². The van der Waals surface area contributed by atoms with Crippen molar-refractivity contribution in [2.45, 2.75) is 31.7 Å². The summed E-state index contributed by atoms with van der Waals surface area (Å²) in [6.45, 7) is 4.79. The fraction of sp³-hybridized carbons (Fsp3) is 0.435. The number of rotatable bonds is 3. The van der Waals surface area contributed by atoms with E-state index in [0.717, 1.165) is 36.9 Å². The molecule has 2 aliphatic rings. The Balaban J connectivity index is 1.61. The van der Waals surface area contributed by atoms with Crippen LogP contribution in [0.3, 0.4) is 0 Å². The molecule has 4 atom stereocenters. The largest absolute Gasteiger partial charge is 0.335 e. The number of likely N-dealkylation sites (tertiary alicyclic amines) is 1. The summed E-state index contributed by atoms with van der Waals surface area (Å²) in [5, 5.41) is 3.46. The van der Waals surface area contributed by atoms with Crippen LogP contribution in [0.1, 0.15) is 42.9 Å². The molecule has 2 aromatic carbocycles. The van der Waals surface area contributed by atoms with Gasteiger partial charge >= 0.3 is 0 Å². The number of halogens is 1. The van der Waals surface area contributed by atoms with E-state index in [1.807, 2.05) is 12.1 Å². The molecule has 4 rings (SSSR count). The molecule has 142 valence electrons. The Labute approximate surface area is 170 Å². The third-order valence-electron chi connectivity index (χ3n) is 6.17. The smallest absolute Gasteiger partial charge is 0.228 e. The first kappa shape index (κ1) is 18.7. The van der Waals surface area contributed by atoms with Crippen LogP contribution in [0.2, 0.25) is 0 Å². The van der Waals surface area contributed by atoms with Gasteiger partial charge in [-0.1, -0.05) is 71.4 Å². The van der Waals surface area contributed by atoms with Gasteiger partial charge in [-0.3, -0.25) is 4.79 Å². The highest BCUT2D eigenvalue weighted by atomic mass is 79.9. The molecule has 0 aliphatic carbocycles. The van der Waals surface area contributed by atoms with Crippen molar-refractivity contribution in [3.05, 3.63) is 70.2 Å². The summed E-state index contributed by atoms with van der Waals surface area (Å²) in [4.78, 5) is 15.8. The van der Waals surface area contributed by atoms with Crippen LogP contribution in [0.5, 0.6) is 0 Å². The topological polar surface area (TPSA) is 32.3 Å². The maximum atomic E-state index is 13.7. The van der Waals surface area contributed by atoms with E-state index in [9.17, 15) is 4.79 Å². The fourth-order valence-electron chi connectivity index (χ4n) is 4.65. The lowest BCUT2D eigenvalue weighted by Gasteiger charge is -2.41. The highest BCUT2D eigenvalue weighted by Crippen LogP contribution is 2.39. The molecule has 4 heteroatoms. The molecule has 2 aromatic rings. The van der Waals surface area contributed by atoms with Gasteiger partial charge in [-0.15, -0.1) is 0 Å². The Morgan fingerprint density at radius 2 is 1.81 bits per heavy atom. The van der Waals surface area contributed by atoms with E-state index in [-0.39, 0.29) is 17.9 Å². The summed E-state index contributed by atoms with van der Waals surface area (Å²) >= 11 is 3.68. The number of carbonyl (C=O) groups excluding carboxylic acids is 1. The molecular formula is C23H27BrN2O. The number of benzene rings is 2. The van der Waals surface area contributed by atoms with Crippen molar-refractivity contribution in [1.29, 1.82) is 0 Å². The van der Waals surface area contributed by atoms with Crippen molar-refractivity contribution in [3.63, 3.8) is 0 Å². The Morgan fingerprint density at radius 1 is 1.07 bits per heavy atom. The van der Waals surface area contributed by atoms with Crippen molar-refractivity contribution >= 4 is 21.8 Å². The molecule has 0 saturated carbocycles. The van der Waals surface area contributed by atoms with Crippen molar-refractivity contribution < 1.29 is 4.79 Å². The number of piperidine rings is 1. The number of nitrogens with zero attached hydrogens (tertiary/aromatic N) is 1. The lowest BCUT2D eigenvalue weighted by Crippen LogP contribution is -2.45. The van der Waals surface area contributed by atoms with Gasteiger partial charge in [0.2, 0.25) is 5.91 Å². The van der Waals surface area contributed by atoms with Crippen LogP contribution in [-0.4, -0.2) is 30.4 Å². The highest BCUT2D eigenvalue weighted by molar-refractivity contribution is 9.10. The van der Waals surface area contributed by atoms with E-state index in [1.54, 1.807) is 0 Å². The van der Waals surface area contributed by atoms with Crippen LogP contribution in [-0.2, 0) is 4.79 Å². The minimum Gasteiger partial charge on any atom is -0.335 e. The average Bonchev–Trinajstić information content (AvgIpc) is 3.18. The molecule has 0 spiro atoms. The Morgan fingerprint density at radius 3 is 2.59 bits per heavy atom. The molecule has 27 heavy (non-hydrogen) atoms. The zero-order valence-corrected chi connectivity index (χ0v) is 17.4. The van der Waals surface area contributed by atoms with Gasteiger partial charge in [-0.25, -0.2) is 0 Å². The van der Waals surface area contributed by atoms with Crippen molar-refractivity contribution in [3.8, 4) is 0 Å². The molecule has 3 unspecified atom stereocenters. The van der Waals surface area contributed by atoms with Crippen LogP contribution >= 0.6 is 15.9 Å². The second kappa shape index (κ2) is 8.15. The van der Waals surface area contributed by atoms with Crippen molar-refractivity contribution in [2.75, 3.05) is 19.6 Å². The Kier molecular flexibility index (Phi) is 5.65. The Bertz CT molecular complexity index is 794. The van der Waals surface area contributed by atoms with Gasteiger partial charge in [0.05, 0.1) is 12.0 Å². The first-order valence-electron chi connectivity index (χ1n) is 9.95. The first-order chi connectivity index (χ1) is 13.1. The zero-order chi connectivity index (χ0) is 18.8. The van der Waals surface area contributed by atoms with Crippen LogP contribution in [0.25, 0.3) is 0 Å². The van der Waals surface area contributed by atoms with E-state index in [1.165, 1.54) is 11.1 Å². The monoisotopic (exact) mass is 426 g/mol. The maximum Gasteiger partial charge on any atom is 0.228 e. The molecular weight excluding hydrogens is 400 g/mol. The zero-order valence-electron chi connectivity index (χ0n) is 15.8. The van der Waals surface area contributed by atoms with Gasteiger partial charge in [-0.2, -0.15) is 0 Å². The van der Waals surface area contributed by atoms with E-state index in [2.05, 4.69) is 75.5 Å². The summed E-state index contributed by atoms with van der Waals surface area (Å²) in [5.41, 5.74) is 2.50. The molecule has 1 amide bonds. The number of amides is 1. The van der Waals surface area contributed by atoms with E-state index in [4.69, 9.17) is 0 Å². The normalized spacial score (nSPS) is 28.3. The standard InChI is InChI=1S/C23H27BrN2O/c1-16-11-12-26(22(13-16)17-7-3-2-4-8-17)23(27)20-15-25-14-19(20)18-9-5-6-10-21(18)24/h2-10,16,19-20,22,25H,11-15H2,1H3/t16?,19?,20-,22?/m1/s1. The number of carbonyl (C=O) groups is 1. The fourth-order valence-corrected chi connectivity index (χ4v) is 5.23. The third kappa shape index (κ3) is 3.83. The van der Waals surface area contributed by atoms with Crippen molar-refractivity contribution in [1.82, 2.24) is 10.2 Å². The third-order valence-corrected chi connectivity index (χ3v) is 6.89. The lowest BCUT2D eigenvalue weighted by molar-refractivity contribution is -0.140. The Hall–Kier alpha value is -1.65. The molecule has 2 aliphatic heterocycles. The molecule has 0 bridgehead atoms. The van der Waals surface area contributed by atoms with E-state index >= 15 is 0 Å². The minimum absolute atomic E-state index is 0.00307. The number of nitrogens with one attached hydrogen (secondary N) is 1. The second-order valence-electron chi connectivity index (χ2n) is 7.98. The van der Waals surface area contributed by atoms with Gasteiger partial charge in [0.15, 0.2) is 0 Å². The molecule has 1 N–H and O–H groups in total.